The molecule has 3 N–H and O–H groups in total. The third kappa shape index (κ3) is 4.88. The summed E-state index contributed by atoms with van der Waals surface area (Å²) in [5.74, 6) is -3.78. The number of nitrogens with one attached hydrogen (secondary N) is 3. The van der Waals surface area contributed by atoms with Crippen LogP contribution in [-0.2, 0) is 9.59 Å². The Labute approximate surface area is 154 Å². The van der Waals surface area contributed by atoms with Crippen molar-refractivity contribution in [2.45, 2.75) is 0 Å². The first-order valence-corrected chi connectivity index (χ1v) is 8.01. The molecule has 0 heterocycles. The van der Waals surface area contributed by atoms with Crippen molar-refractivity contribution in [2.75, 3.05) is 16.0 Å². The highest BCUT2D eigenvalue weighted by Gasteiger charge is 2.16. The average Bonchev–Trinajstić information content (AvgIpc) is 2.66. The summed E-state index contributed by atoms with van der Waals surface area (Å²) in [6.45, 7) is 0. The van der Waals surface area contributed by atoms with Crippen molar-refractivity contribution in [1.29, 1.82) is 0 Å². The van der Waals surface area contributed by atoms with E-state index in [0.717, 1.165) is 23.5 Å². The van der Waals surface area contributed by atoms with Crippen LogP contribution < -0.4 is 16.0 Å². The number of para-hydroxylation sites is 1. The van der Waals surface area contributed by atoms with E-state index in [-0.39, 0.29) is 5.69 Å². The highest BCUT2D eigenvalue weighted by molar-refractivity contribution is 6.43. The van der Waals surface area contributed by atoms with Gasteiger partial charge in [-0.05, 0) is 48.5 Å². The van der Waals surface area contributed by atoms with Gasteiger partial charge in [0, 0.05) is 23.1 Å². The molecule has 3 aromatic carbocycles. The Kier molecular flexibility index (Phi) is 5.41. The van der Waals surface area contributed by atoms with Gasteiger partial charge in [0.1, 0.15) is 11.6 Å². The minimum atomic E-state index is -1.06. The molecule has 2 amide bonds. The Morgan fingerprint density at radius 1 is 0.667 bits per heavy atom. The van der Waals surface area contributed by atoms with Crippen LogP contribution in [0.5, 0.6) is 0 Å². The van der Waals surface area contributed by atoms with E-state index in [9.17, 15) is 18.4 Å². The van der Waals surface area contributed by atoms with Gasteiger partial charge in [0.15, 0.2) is 0 Å². The number of carbonyl (C=O) groups is 2. The van der Waals surface area contributed by atoms with E-state index < -0.39 is 23.4 Å². The molecule has 0 saturated carbocycles. The summed E-state index contributed by atoms with van der Waals surface area (Å²) in [4.78, 5) is 23.8. The molecule has 0 saturated heterocycles. The van der Waals surface area contributed by atoms with Crippen LogP contribution in [-0.4, -0.2) is 11.8 Å². The van der Waals surface area contributed by atoms with Crippen LogP contribution in [0.25, 0.3) is 0 Å². The van der Waals surface area contributed by atoms with Gasteiger partial charge in [-0.3, -0.25) is 9.59 Å². The number of hydrogen-bond donors (Lipinski definition) is 3. The Morgan fingerprint density at radius 3 is 1.93 bits per heavy atom. The van der Waals surface area contributed by atoms with Gasteiger partial charge < -0.3 is 16.0 Å². The van der Waals surface area contributed by atoms with Crippen molar-refractivity contribution in [2.24, 2.45) is 0 Å². The zero-order valence-corrected chi connectivity index (χ0v) is 14.0. The molecular formula is C20H15F2N3O2. The predicted molar refractivity (Wildman–Crippen MR) is 99.8 cm³/mol. The quantitative estimate of drug-likeness (QED) is 0.603. The zero-order chi connectivity index (χ0) is 19.2. The lowest BCUT2D eigenvalue weighted by Crippen LogP contribution is -2.29. The van der Waals surface area contributed by atoms with E-state index in [4.69, 9.17) is 0 Å². The molecule has 0 fully saturated rings. The minimum Gasteiger partial charge on any atom is -0.356 e. The van der Waals surface area contributed by atoms with Gasteiger partial charge in [-0.15, -0.1) is 0 Å². The standard InChI is InChI=1S/C20H15F2N3O2/c21-13-6-11-18(17(22)12-13)25-20(27)19(26)24-16-9-7-15(8-10-16)23-14-4-2-1-3-5-14/h1-12,23H,(H,24,26)(H,25,27). The minimum absolute atomic E-state index is 0.279. The molecule has 0 unspecified atom stereocenters. The van der Waals surface area contributed by atoms with Crippen molar-refractivity contribution in [3.63, 3.8) is 0 Å². The van der Waals surface area contributed by atoms with Gasteiger partial charge >= 0.3 is 11.8 Å². The van der Waals surface area contributed by atoms with Gasteiger partial charge in [-0.1, -0.05) is 18.2 Å². The van der Waals surface area contributed by atoms with Crippen molar-refractivity contribution in [3.8, 4) is 0 Å². The maximum Gasteiger partial charge on any atom is 0.314 e. The van der Waals surface area contributed by atoms with Gasteiger partial charge in [-0.25, -0.2) is 8.78 Å². The summed E-state index contributed by atoms with van der Waals surface area (Å²) < 4.78 is 26.4. The lowest BCUT2D eigenvalue weighted by atomic mass is 10.2. The number of benzene rings is 3. The molecule has 0 radical (unpaired) electrons. The number of rotatable bonds is 4. The summed E-state index contributed by atoms with van der Waals surface area (Å²) in [7, 11) is 0. The van der Waals surface area contributed by atoms with E-state index in [1.54, 1.807) is 24.3 Å². The fraction of sp³-hybridized carbons (Fsp3) is 0. The second-order valence-electron chi connectivity index (χ2n) is 5.60. The molecule has 0 atom stereocenters. The largest absolute Gasteiger partial charge is 0.356 e. The van der Waals surface area contributed by atoms with Crippen LogP contribution in [0.2, 0.25) is 0 Å². The van der Waals surface area contributed by atoms with Gasteiger partial charge in [-0.2, -0.15) is 0 Å². The molecule has 7 heteroatoms. The van der Waals surface area contributed by atoms with Crippen LogP contribution in [0.1, 0.15) is 0 Å². The van der Waals surface area contributed by atoms with E-state index in [1.807, 2.05) is 30.3 Å². The summed E-state index contributed by atoms with van der Waals surface area (Å²) in [5.41, 5.74) is 1.83. The first kappa shape index (κ1) is 18.1. The van der Waals surface area contributed by atoms with Crippen LogP contribution in [0.4, 0.5) is 31.5 Å². The molecule has 0 aliphatic heterocycles. The number of carbonyl (C=O) groups excluding carboxylic acids is 2. The van der Waals surface area contributed by atoms with Crippen LogP contribution in [0.3, 0.4) is 0 Å². The molecule has 0 spiro atoms. The summed E-state index contributed by atoms with van der Waals surface area (Å²) in [6, 6.07) is 18.9. The Bertz CT molecular complexity index is 961. The fourth-order valence-corrected chi connectivity index (χ4v) is 2.28. The van der Waals surface area contributed by atoms with E-state index in [0.29, 0.717) is 11.8 Å². The third-order valence-electron chi connectivity index (χ3n) is 3.59. The average molecular weight is 367 g/mol. The van der Waals surface area contributed by atoms with Crippen molar-refractivity contribution >= 4 is 34.6 Å². The molecule has 0 aliphatic rings. The second-order valence-corrected chi connectivity index (χ2v) is 5.60. The number of amides is 2. The molecular weight excluding hydrogens is 352 g/mol. The van der Waals surface area contributed by atoms with Crippen molar-refractivity contribution in [1.82, 2.24) is 0 Å². The van der Waals surface area contributed by atoms with Gasteiger partial charge in [0.2, 0.25) is 0 Å². The van der Waals surface area contributed by atoms with Crippen molar-refractivity contribution < 1.29 is 18.4 Å². The van der Waals surface area contributed by atoms with E-state index >= 15 is 0 Å². The van der Waals surface area contributed by atoms with Gasteiger partial charge in [0.25, 0.3) is 0 Å². The first-order valence-electron chi connectivity index (χ1n) is 8.01. The maximum absolute atomic E-state index is 13.5. The van der Waals surface area contributed by atoms with E-state index in [1.165, 1.54) is 0 Å². The molecule has 5 nitrogen and oxygen atoms in total. The molecule has 0 bridgehead atoms. The number of halogens is 2. The second kappa shape index (κ2) is 8.09. The highest BCUT2D eigenvalue weighted by atomic mass is 19.1. The Morgan fingerprint density at radius 2 is 1.26 bits per heavy atom. The van der Waals surface area contributed by atoms with Gasteiger partial charge in [0.05, 0.1) is 5.69 Å². The molecule has 27 heavy (non-hydrogen) atoms. The SMILES string of the molecule is O=C(Nc1ccc(Nc2ccccc2)cc1)C(=O)Nc1ccc(F)cc1F. The van der Waals surface area contributed by atoms with Crippen molar-refractivity contribution in [3.05, 3.63) is 84.4 Å². The normalized spacial score (nSPS) is 10.1. The summed E-state index contributed by atoms with van der Waals surface area (Å²) in [6.07, 6.45) is 0. The zero-order valence-electron chi connectivity index (χ0n) is 14.0. The number of anilines is 4. The first-order chi connectivity index (χ1) is 13.0. The van der Waals surface area contributed by atoms with Crippen LogP contribution >= 0.6 is 0 Å². The topological polar surface area (TPSA) is 70.2 Å². The Balaban J connectivity index is 1.59. The smallest absolute Gasteiger partial charge is 0.314 e. The van der Waals surface area contributed by atoms with E-state index in [2.05, 4.69) is 16.0 Å². The maximum atomic E-state index is 13.5. The molecule has 136 valence electrons. The summed E-state index contributed by atoms with van der Waals surface area (Å²) in [5, 5.41) is 7.69. The third-order valence-corrected chi connectivity index (χ3v) is 3.59. The lowest BCUT2D eigenvalue weighted by Gasteiger charge is -2.09. The Hall–Kier alpha value is -3.74. The molecule has 0 aromatic heterocycles. The molecule has 3 aromatic rings. The predicted octanol–water partition coefficient (Wildman–Crippen LogP) is 4.29. The van der Waals surface area contributed by atoms with Crippen LogP contribution in [0, 0.1) is 11.6 Å². The fourth-order valence-electron chi connectivity index (χ4n) is 2.28. The lowest BCUT2D eigenvalue weighted by molar-refractivity contribution is -0.133. The van der Waals surface area contributed by atoms with Crippen LogP contribution in [0.15, 0.2) is 72.8 Å². The highest BCUT2D eigenvalue weighted by Crippen LogP contribution is 2.19. The molecule has 3 rings (SSSR count). The molecule has 0 aliphatic carbocycles. The number of hydrogen-bond acceptors (Lipinski definition) is 3. The monoisotopic (exact) mass is 367 g/mol. The summed E-state index contributed by atoms with van der Waals surface area (Å²) >= 11 is 0.